The highest BCUT2D eigenvalue weighted by Crippen LogP contribution is 2.10. The van der Waals surface area contributed by atoms with Gasteiger partial charge in [-0.05, 0) is 25.2 Å². The van der Waals surface area contributed by atoms with Gasteiger partial charge in [0.25, 0.3) is 0 Å². The number of hydrogen-bond acceptors (Lipinski definition) is 1. The van der Waals surface area contributed by atoms with E-state index in [1.165, 1.54) is 18.4 Å². The molecule has 11 heavy (non-hydrogen) atoms. The molecule has 0 unspecified atom stereocenters. The van der Waals surface area contributed by atoms with E-state index in [1.807, 2.05) is 0 Å². The fraction of sp³-hybridized carbons (Fsp3) is 0.800. The van der Waals surface area contributed by atoms with Crippen molar-refractivity contribution < 1.29 is 0 Å². The molecule has 0 rings (SSSR count). The minimum Gasteiger partial charge on any atom is -0.327 e. The first-order valence-electron chi connectivity index (χ1n) is 4.58. The first kappa shape index (κ1) is 10.7. The Kier molecular flexibility index (Phi) is 6.24. The Labute approximate surface area is 70.7 Å². The van der Waals surface area contributed by atoms with Crippen LogP contribution in [0, 0.1) is 5.92 Å². The lowest BCUT2D eigenvalue weighted by Crippen LogP contribution is -2.04. The quantitative estimate of drug-likeness (QED) is 0.607. The van der Waals surface area contributed by atoms with E-state index in [-0.39, 0.29) is 0 Å². The van der Waals surface area contributed by atoms with Crippen LogP contribution in [0.1, 0.15) is 40.0 Å². The standard InChI is InChI=1S/C10H21N/c1-4-5-10(8-11)7-6-9(2)3/h5,9H,4,6-8,11H2,1-3H3. The lowest BCUT2D eigenvalue weighted by Gasteiger charge is -2.06. The predicted octanol–water partition coefficient (Wildman–Crippen LogP) is 2.72. The molecule has 0 aliphatic rings. The second-order valence-electron chi connectivity index (χ2n) is 3.41. The van der Waals surface area contributed by atoms with Crippen molar-refractivity contribution in [2.24, 2.45) is 11.7 Å². The summed E-state index contributed by atoms with van der Waals surface area (Å²) in [6, 6.07) is 0. The molecule has 0 saturated carbocycles. The Balaban J connectivity index is 3.61. The molecule has 0 spiro atoms. The number of nitrogens with two attached hydrogens (primary N) is 1. The van der Waals surface area contributed by atoms with E-state index in [9.17, 15) is 0 Å². The van der Waals surface area contributed by atoms with Gasteiger partial charge in [-0.2, -0.15) is 0 Å². The number of hydrogen-bond donors (Lipinski definition) is 1. The first-order chi connectivity index (χ1) is 5.20. The smallest absolute Gasteiger partial charge is 0.0136 e. The molecule has 0 aromatic rings. The summed E-state index contributed by atoms with van der Waals surface area (Å²) in [7, 11) is 0. The first-order valence-corrected chi connectivity index (χ1v) is 4.58. The van der Waals surface area contributed by atoms with Crippen LogP contribution >= 0.6 is 0 Å². The van der Waals surface area contributed by atoms with Crippen LogP contribution in [0.15, 0.2) is 11.6 Å². The van der Waals surface area contributed by atoms with Crippen molar-refractivity contribution in [3.05, 3.63) is 11.6 Å². The molecule has 0 bridgehead atoms. The van der Waals surface area contributed by atoms with E-state index in [4.69, 9.17) is 5.73 Å². The zero-order valence-corrected chi connectivity index (χ0v) is 8.06. The maximum absolute atomic E-state index is 5.58. The highest BCUT2D eigenvalue weighted by atomic mass is 14.5. The summed E-state index contributed by atoms with van der Waals surface area (Å²) >= 11 is 0. The van der Waals surface area contributed by atoms with Gasteiger partial charge >= 0.3 is 0 Å². The van der Waals surface area contributed by atoms with Gasteiger partial charge in [0.1, 0.15) is 0 Å². The van der Waals surface area contributed by atoms with Crippen LogP contribution in [0.5, 0.6) is 0 Å². The van der Waals surface area contributed by atoms with Crippen LogP contribution < -0.4 is 5.73 Å². The summed E-state index contributed by atoms with van der Waals surface area (Å²) in [4.78, 5) is 0. The van der Waals surface area contributed by atoms with Crippen LogP contribution in [-0.4, -0.2) is 6.54 Å². The average Bonchev–Trinajstić information content (AvgIpc) is 1.97. The second kappa shape index (κ2) is 6.41. The summed E-state index contributed by atoms with van der Waals surface area (Å²) < 4.78 is 0. The van der Waals surface area contributed by atoms with E-state index in [2.05, 4.69) is 26.8 Å². The average molecular weight is 155 g/mol. The van der Waals surface area contributed by atoms with Crippen molar-refractivity contribution in [1.82, 2.24) is 0 Å². The van der Waals surface area contributed by atoms with Crippen LogP contribution in [0.25, 0.3) is 0 Å². The van der Waals surface area contributed by atoms with Gasteiger partial charge in [-0.1, -0.05) is 32.4 Å². The Morgan fingerprint density at radius 2 is 2.09 bits per heavy atom. The molecular formula is C10H21N. The number of allylic oxidation sites excluding steroid dienone is 1. The monoisotopic (exact) mass is 155 g/mol. The van der Waals surface area contributed by atoms with Gasteiger partial charge < -0.3 is 5.73 Å². The van der Waals surface area contributed by atoms with Gasteiger partial charge in [0.05, 0.1) is 0 Å². The van der Waals surface area contributed by atoms with Gasteiger partial charge in [-0.3, -0.25) is 0 Å². The second-order valence-corrected chi connectivity index (χ2v) is 3.41. The fourth-order valence-electron chi connectivity index (χ4n) is 1.05. The molecule has 66 valence electrons. The number of rotatable bonds is 5. The molecule has 0 heterocycles. The minimum absolute atomic E-state index is 0.737. The van der Waals surface area contributed by atoms with Crippen LogP contribution in [0.3, 0.4) is 0 Å². The van der Waals surface area contributed by atoms with Crippen molar-refractivity contribution in [3.63, 3.8) is 0 Å². The van der Waals surface area contributed by atoms with Crippen molar-refractivity contribution in [1.29, 1.82) is 0 Å². The molecule has 0 saturated heterocycles. The molecule has 0 aliphatic heterocycles. The summed E-state index contributed by atoms with van der Waals surface area (Å²) in [5, 5.41) is 0. The van der Waals surface area contributed by atoms with Crippen LogP contribution in [0.4, 0.5) is 0 Å². The molecule has 2 N–H and O–H groups in total. The molecular weight excluding hydrogens is 134 g/mol. The molecule has 0 aromatic heterocycles. The topological polar surface area (TPSA) is 26.0 Å². The Morgan fingerprint density at radius 1 is 1.45 bits per heavy atom. The third-order valence-electron chi connectivity index (χ3n) is 1.80. The summed E-state index contributed by atoms with van der Waals surface area (Å²) in [6.07, 6.45) is 5.82. The van der Waals surface area contributed by atoms with Crippen molar-refractivity contribution in [3.8, 4) is 0 Å². The third kappa shape index (κ3) is 6.11. The predicted molar refractivity (Wildman–Crippen MR) is 51.5 cm³/mol. The highest BCUT2D eigenvalue weighted by molar-refractivity contribution is 5.02. The molecule has 0 fully saturated rings. The fourth-order valence-corrected chi connectivity index (χ4v) is 1.05. The van der Waals surface area contributed by atoms with E-state index in [0.29, 0.717) is 0 Å². The van der Waals surface area contributed by atoms with E-state index < -0.39 is 0 Å². The molecule has 0 aliphatic carbocycles. The minimum atomic E-state index is 0.737. The van der Waals surface area contributed by atoms with Crippen LogP contribution in [-0.2, 0) is 0 Å². The molecule has 0 atom stereocenters. The molecule has 0 amide bonds. The van der Waals surface area contributed by atoms with Crippen LogP contribution in [0.2, 0.25) is 0 Å². The van der Waals surface area contributed by atoms with Crippen molar-refractivity contribution >= 4 is 0 Å². The van der Waals surface area contributed by atoms with E-state index in [1.54, 1.807) is 0 Å². The lowest BCUT2D eigenvalue weighted by atomic mass is 10.0. The highest BCUT2D eigenvalue weighted by Gasteiger charge is 1.96. The maximum atomic E-state index is 5.58. The van der Waals surface area contributed by atoms with Gasteiger partial charge in [0.2, 0.25) is 0 Å². The zero-order valence-electron chi connectivity index (χ0n) is 8.06. The van der Waals surface area contributed by atoms with Crippen molar-refractivity contribution in [2.75, 3.05) is 6.54 Å². The van der Waals surface area contributed by atoms with Gasteiger partial charge in [0, 0.05) is 6.54 Å². The Morgan fingerprint density at radius 3 is 2.45 bits per heavy atom. The Bertz CT molecular complexity index is 114. The molecule has 0 radical (unpaired) electrons. The zero-order chi connectivity index (χ0) is 8.69. The summed E-state index contributed by atoms with van der Waals surface area (Å²) in [5.74, 6) is 0.793. The third-order valence-corrected chi connectivity index (χ3v) is 1.80. The van der Waals surface area contributed by atoms with E-state index >= 15 is 0 Å². The van der Waals surface area contributed by atoms with Gasteiger partial charge in [0.15, 0.2) is 0 Å². The largest absolute Gasteiger partial charge is 0.327 e. The maximum Gasteiger partial charge on any atom is 0.0136 e. The van der Waals surface area contributed by atoms with Gasteiger partial charge in [-0.15, -0.1) is 0 Å². The molecule has 1 nitrogen and oxygen atoms in total. The summed E-state index contributed by atoms with van der Waals surface area (Å²) in [6.45, 7) is 7.39. The normalized spacial score (nSPS) is 12.6. The summed E-state index contributed by atoms with van der Waals surface area (Å²) in [5.41, 5.74) is 6.99. The van der Waals surface area contributed by atoms with Crippen molar-refractivity contribution in [2.45, 2.75) is 40.0 Å². The Hall–Kier alpha value is -0.300. The van der Waals surface area contributed by atoms with Gasteiger partial charge in [-0.25, -0.2) is 0 Å². The molecule has 1 heteroatoms. The molecule has 0 aromatic carbocycles. The van der Waals surface area contributed by atoms with E-state index in [0.717, 1.165) is 18.9 Å². The lowest BCUT2D eigenvalue weighted by molar-refractivity contribution is 0.581. The SMILES string of the molecule is CCC=C(CN)CCC(C)C.